The van der Waals surface area contributed by atoms with Gasteiger partial charge in [0.15, 0.2) is 5.78 Å². The van der Waals surface area contributed by atoms with E-state index in [1.165, 1.54) is 0 Å². The molecule has 0 N–H and O–H groups in total. The normalized spacial score (nSPS) is 48.1. The van der Waals surface area contributed by atoms with Crippen molar-refractivity contribution in [2.45, 2.75) is 25.0 Å². The first kappa shape index (κ1) is 9.55. The Morgan fingerprint density at radius 1 is 1.53 bits per heavy atom. The highest BCUT2D eigenvalue weighted by Gasteiger charge is 2.56. The fourth-order valence-corrected chi connectivity index (χ4v) is 3.26. The van der Waals surface area contributed by atoms with Crippen LogP contribution < -0.4 is 0 Å². The molecular weight excluding hydrogens is 192 g/mol. The molecule has 0 aromatic heterocycles. The van der Waals surface area contributed by atoms with E-state index in [0.717, 1.165) is 12.8 Å². The van der Waals surface area contributed by atoms with Crippen LogP contribution in [0.25, 0.3) is 0 Å². The minimum Gasteiger partial charge on any atom is -0.347 e. The largest absolute Gasteiger partial charge is 0.347 e. The summed E-state index contributed by atoms with van der Waals surface area (Å²) >= 11 is 0. The molecular formula is C12H16O3. The lowest BCUT2D eigenvalue weighted by molar-refractivity contribution is -0.209. The van der Waals surface area contributed by atoms with Crippen molar-refractivity contribution in [3.05, 3.63) is 12.2 Å². The lowest BCUT2D eigenvalue weighted by atomic mass is 9.71. The third kappa shape index (κ3) is 1.16. The maximum Gasteiger partial charge on any atom is 0.235 e. The molecule has 0 radical (unpaired) electrons. The number of ketones is 1. The Balaban J connectivity index is 2.07. The summed E-state index contributed by atoms with van der Waals surface area (Å²) in [5, 5.41) is 0. The van der Waals surface area contributed by atoms with E-state index in [9.17, 15) is 4.79 Å². The highest BCUT2D eigenvalue weighted by molar-refractivity contribution is 5.87. The maximum atomic E-state index is 12.1. The Morgan fingerprint density at radius 3 is 3.20 bits per heavy atom. The van der Waals surface area contributed by atoms with E-state index < -0.39 is 5.79 Å². The van der Waals surface area contributed by atoms with E-state index >= 15 is 0 Å². The van der Waals surface area contributed by atoms with E-state index in [1.807, 2.05) is 0 Å². The van der Waals surface area contributed by atoms with Gasteiger partial charge in [-0.25, -0.2) is 0 Å². The third-order valence-corrected chi connectivity index (χ3v) is 4.09. The van der Waals surface area contributed by atoms with Gasteiger partial charge in [-0.1, -0.05) is 12.2 Å². The van der Waals surface area contributed by atoms with Gasteiger partial charge in [0.25, 0.3) is 0 Å². The highest BCUT2D eigenvalue weighted by Crippen LogP contribution is 2.47. The number of fused-ring (bicyclic) bond motifs is 2. The van der Waals surface area contributed by atoms with Crippen molar-refractivity contribution < 1.29 is 14.3 Å². The van der Waals surface area contributed by atoms with E-state index in [1.54, 1.807) is 7.11 Å². The summed E-state index contributed by atoms with van der Waals surface area (Å²) in [6, 6.07) is 0. The van der Waals surface area contributed by atoms with Crippen LogP contribution in [-0.4, -0.2) is 25.3 Å². The SMILES string of the molecule is CO[C@@]12OC[C@@H]3C[C@@H](C=CC31)CCC2=O. The third-order valence-electron chi connectivity index (χ3n) is 4.09. The molecule has 2 fully saturated rings. The van der Waals surface area contributed by atoms with Crippen LogP contribution in [0.5, 0.6) is 0 Å². The molecule has 1 unspecified atom stereocenters. The highest BCUT2D eigenvalue weighted by atomic mass is 16.7. The zero-order valence-electron chi connectivity index (χ0n) is 8.94. The number of carbonyl (C=O) groups excluding carboxylic acids is 1. The van der Waals surface area contributed by atoms with Crippen molar-refractivity contribution in [2.75, 3.05) is 13.7 Å². The van der Waals surface area contributed by atoms with Gasteiger partial charge in [0.2, 0.25) is 5.79 Å². The number of carbonyl (C=O) groups is 1. The number of hydrogen-bond acceptors (Lipinski definition) is 3. The average Bonchev–Trinajstić information content (AvgIpc) is 2.64. The second-order valence-corrected chi connectivity index (χ2v) is 4.81. The van der Waals surface area contributed by atoms with E-state index in [4.69, 9.17) is 9.47 Å². The van der Waals surface area contributed by atoms with Crippen LogP contribution >= 0.6 is 0 Å². The van der Waals surface area contributed by atoms with Crippen molar-refractivity contribution in [1.82, 2.24) is 0 Å². The van der Waals surface area contributed by atoms with Crippen molar-refractivity contribution in [3.63, 3.8) is 0 Å². The van der Waals surface area contributed by atoms with Gasteiger partial charge in [0.1, 0.15) is 0 Å². The van der Waals surface area contributed by atoms with Crippen LogP contribution in [0.2, 0.25) is 0 Å². The zero-order chi connectivity index (χ0) is 10.5. The molecule has 1 saturated heterocycles. The number of Topliss-reactive ketones (excluding diaryl/α,β-unsaturated/α-hetero) is 1. The molecule has 1 aliphatic heterocycles. The lowest BCUT2D eigenvalue weighted by Crippen LogP contribution is -2.48. The summed E-state index contributed by atoms with van der Waals surface area (Å²) in [6.45, 7) is 0.672. The lowest BCUT2D eigenvalue weighted by Gasteiger charge is -2.37. The fourth-order valence-electron chi connectivity index (χ4n) is 3.26. The topological polar surface area (TPSA) is 35.5 Å². The minimum absolute atomic E-state index is 0.131. The second-order valence-electron chi connectivity index (χ2n) is 4.81. The van der Waals surface area contributed by atoms with E-state index in [0.29, 0.717) is 24.9 Å². The van der Waals surface area contributed by atoms with E-state index in [-0.39, 0.29) is 11.7 Å². The molecule has 1 saturated carbocycles. The van der Waals surface area contributed by atoms with Crippen LogP contribution in [0.1, 0.15) is 19.3 Å². The number of rotatable bonds is 1. The van der Waals surface area contributed by atoms with Crippen molar-refractivity contribution >= 4 is 5.78 Å². The molecule has 82 valence electrons. The quantitative estimate of drug-likeness (QED) is 0.613. The Hall–Kier alpha value is -0.670. The monoisotopic (exact) mass is 208 g/mol. The molecule has 1 heterocycles. The fraction of sp³-hybridized carbons (Fsp3) is 0.750. The predicted octanol–water partition coefficient (Wildman–Crippen LogP) is 1.53. The first-order valence-electron chi connectivity index (χ1n) is 5.67. The predicted molar refractivity (Wildman–Crippen MR) is 54.2 cm³/mol. The van der Waals surface area contributed by atoms with Gasteiger partial charge in [-0.15, -0.1) is 0 Å². The van der Waals surface area contributed by atoms with Gasteiger partial charge in [0.05, 0.1) is 6.61 Å². The number of hydrogen-bond donors (Lipinski definition) is 0. The molecule has 0 spiro atoms. The van der Waals surface area contributed by atoms with Gasteiger partial charge in [-0.2, -0.15) is 0 Å². The molecule has 15 heavy (non-hydrogen) atoms. The van der Waals surface area contributed by atoms with Gasteiger partial charge >= 0.3 is 0 Å². The molecule has 4 atom stereocenters. The van der Waals surface area contributed by atoms with Gasteiger partial charge < -0.3 is 9.47 Å². The maximum absolute atomic E-state index is 12.1. The first-order chi connectivity index (χ1) is 7.26. The minimum atomic E-state index is -0.952. The summed E-state index contributed by atoms with van der Waals surface area (Å²) in [6.07, 6.45) is 7.08. The van der Waals surface area contributed by atoms with Crippen LogP contribution in [0.15, 0.2) is 12.2 Å². The summed E-state index contributed by atoms with van der Waals surface area (Å²) < 4.78 is 11.1. The molecule has 3 heteroatoms. The molecule has 4 rings (SSSR count). The van der Waals surface area contributed by atoms with Crippen LogP contribution in [0, 0.1) is 17.8 Å². The Labute approximate surface area is 89.4 Å². The molecule has 3 nitrogen and oxygen atoms in total. The molecule has 4 aliphatic rings. The van der Waals surface area contributed by atoms with Gasteiger partial charge in [0, 0.05) is 19.4 Å². The smallest absolute Gasteiger partial charge is 0.235 e. The Bertz CT molecular complexity index is 323. The summed E-state index contributed by atoms with van der Waals surface area (Å²) in [5.74, 6) is 0.376. The van der Waals surface area contributed by atoms with Crippen molar-refractivity contribution in [2.24, 2.45) is 17.8 Å². The van der Waals surface area contributed by atoms with Crippen LogP contribution in [0.3, 0.4) is 0 Å². The first-order valence-corrected chi connectivity index (χ1v) is 5.67. The average molecular weight is 208 g/mol. The van der Waals surface area contributed by atoms with Gasteiger partial charge in [-0.3, -0.25) is 4.79 Å². The summed E-state index contributed by atoms with van der Waals surface area (Å²) in [5.41, 5.74) is 0. The summed E-state index contributed by atoms with van der Waals surface area (Å²) in [4.78, 5) is 12.1. The number of ether oxygens (including phenoxy) is 2. The summed E-state index contributed by atoms with van der Waals surface area (Å²) in [7, 11) is 1.59. The number of methoxy groups -OCH3 is 1. The molecule has 4 bridgehead atoms. The second kappa shape index (κ2) is 3.16. The van der Waals surface area contributed by atoms with Crippen molar-refractivity contribution in [3.8, 4) is 0 Å². The zero-order valence-corrected chi connectivity index (χ0v) is 8.94. The Morgan fingerprint density at radius 2 is 2.40 bits per heavy atom. The Kier molecular flexibility index (Phi) is 2.01. The number of allylic oxidation sites excluding steroid dienone is 1. The van der Waals surface area contributed by atoms with E-state index in [2.05, 4.69) is 12.2 Å². The molecule has 0 aromatic carbocycles. The van der Waals surface area contributed by atoms with Crippen molar-refractivity contribution in [1.29, 1.82) is 0 Å². The van der Waals surface area contributed by atoms with Gasteiger partial charge in [-0.05, 0) is 24.7 Å². The molecule has 3 aliphatic carbocycles. The van der Waals surface area contributed by atoms with Crippen LogP contribution in [-0.2, 0) is 14.3 Å². The standard InChI is InChI=1S/C12H16O3/c1-14-12-10-4-2-8(3-5-11(12)13)6-9(10)7-15-12/h2,4,8-10H,3,5-7H2,1H3/t8-,9-,10?,12+/m0/s1. The molecule has 0 aromatic rings. The van der Waals surface area contributed by atoms with Crippen LogP contribution in [0.4, 0.5) is 0 Å². The molecule has 0 amide bonds.